The number of nitrogens with zero attached hydrogens (tertiary/aromatic N) is 1. The molecular weight excluding hydrogens is 470 g/mol. The van der Waals surface area contributed by atoms with E-state index in [0.29, 0.717) is 22.4 Å². The predicted octanol–water partition coefficient (Wildman–Crippen LogP) is 7.22. The highest BCUT2D eigenvalue weighted by molar-refractivity contribution is 6.00. The zero-order valence-electron chi connectivity index (χ0n) is 17.8. The van der Waals surface area contributed by atoms with E-state index in [4.69, 9.17) is 5.26 Å². The fourth-order valence-corrected chi connectivity index (χ4v) is 3.13. The summed E-state index contributed by atoms with van der Waals surface area (Å²) in [7, 11) is 0. The molecule has 3 rings (SSSR count). The lowest BCUT2D eigenvalue weighted by atomic mass is 9.95. The number of para-hydroxylation sites is 1. The van der Waals surface area contributed by atoms with E-state index in [1.165, 1.54) is 48.6 Å². The largest absolute Gasteiger partial charge is 0.416 e. The van der Waals surface area contributed by atoms with E-state index >= 15 is 0 Å². The van der Waals surface area contributed by atoms with Crippen molar-refractivity contribution in [3.8, 4) is 6.07 Å². The lowest BCUT2D eigenvalue weighted by Gasteiger charge is -2.12. The zero-order valence-corrected chi connectivity index (χ0v) is 17.8. The van der Waals surface area contributed by atoms with Gasteiger partial charge in [-0.15, -0.1) is 0 Å². The summed E-state index contributed by atoms with van der Waals surface area (Å²) >= 11 is 0. The molecule has 1 N–H and O–H groups in total. The van der Waals surface area contributed by atoms with Gasteiger partial charge in [0, 0.05) is 6.08 Å². The van der Waals surface area contributed by atoms with Crippen molar-refractivity contribution in [2.24, 2.45) is 0 Å². The lowest BCUT2D eigenvalue weighted by Crippen LogP contribution is -2.08. The van der Waals surface area contributed by atoms with E-state index < -0.39 is 29.4 Å². The second kappa shape index (κ2) is 10.3. The van der Waals surface area contributed by atoms with Crippen LogP contribution in [0, 0.1) is 11.3 Å². The van der Waals surface area contributed by atoms with Gasteiger partial charge >= 0.3 is 12.4 Å². The van der Waals surface area contributed by atoms with Crippen molar-refractivity contribution in [3.63, 3.8) is 0 Å². The topological polar surface area (TPSA) is 52.9 Å². The van der Waals surface area contributed by atoms with Crippen molar-refractivity contribution in [2.75, 3.05) is 5.32 Å². The van der Waals surface area contributed by atoms with E-state index in [2.05, 4.69) is 5.32 Å². The first kappa shape index (κ1) is 25.3. The number of amides is 1. The fraction of sp³-hybridized carbons (Fsp3) is 0.0769. The Hall–Kier alpha value is -4.32. The maximum Gasteiger partial charge on any atom is 0.416 e. The highest BCUT2D eigenvalue weighted by Crippen LogP contribution is 2.33. The summed E-state index contributed by atoms with van der Waals surface area (Å²) in [5, 5.41) is 11.6. The quantitative estimate of drug-likeness (QED) is 0.235. The van der Waals surface area contributed by atoms with Gasteiger partial charge in [0.2, 0.25) is 5.91 Å². The molecule has 178 valence electrons. The number of nitriles is 1. The van der Waals surface area contributed by atoms with E-state index in [9.17, 15) is 31.1 Å². The molecule has 0 fully saturated rings. The number of hydrogen-bond donors (Lipinski definition) is 1. The molecule has 0 saturated heterocycles. The lowest BCUT2D eigenvalue weighted by molar-refractivity contribution is -0.138. The van der Waals surface area contributed by atoms with Crippen LogP contribution in [0.5, 0.6) is 0 Å². The van der Waals surface area contributed by atoms with Gasteiger partial charge in [0.15, 0.2) is 0 Å². The smallest absolute Gasteiger partial charge is 0.321 e. The summed E-state index contributed by atoms with van der Waals surface area (Å²) in [6.07, 6.45) is -5.25. The second-order valence-corrected chi connectivity index (χ2v) is 7.24. The maximum atomic E-state index is 12.9. The Morgan fingerprint density at radius 2 is 1.26 bits per heavy atom. The fourth-order valence-electron chi connectivity index (χ4n) is 3.13. The predicted molar refractivity (Wildman–Crippen MR) is 119 cm³/mol. The Kier molecular flexibility index (Phi) is 7.45. The molecule has 0 heterocycles. The monoisotopic (exact) mass is 486 g/mol. The van der Waals surface area contributed by atoms with E-state index in [1.54, 1.807) is 12.1 Å². The van der Waals surface area contributed by atoms with Crippen LogP contribution in [-0.2, 0) is 17.1 Å². The molecule has 0 aliphatic rings. The average Bonchev–Trinajstić information content (AvgIpc) is 2.81. The van der Waals surface area contributed by atoms with Crippen LogP contribution >= 0.6 is 0 Å². The minimum atomic E-state index is -4.55. The van der Waals surface area contributed by atoms with Crippen molar-refractivity contribution in [1.82, 2.24) is 0 Å². The van der Waals surface area contributed by atoms with Crippen molar-refractivity contribution in [1.29, 1.82) is 5.26 Å². The molecular formula is C26H16F6N2O. The second-order valence-electron chi connectivity index (χ2n) is 7.24. The first-order valence-corrected chi connectivity index (χ1v) is 10.0. The SMILES string of the molecule is N#Cc1ccccc1NC(=O)C=CC=C(c1ccc(C(F)(F)F)cc1)c1ccc(C(F)(F)F)cc1. The third-order valence-corrected chi connectivity index (χ3v) is 4.86. The average molecular weight is 486 g/mol. The number of rotatable bonds is 5. The third-order valence-electron chi connectivity index (χ3n) is 4.86. The Bertz CT molecular complexity index is 1240. The highest BCUT2D eigenvalue weighted by atomic mass is 19.4. The van der Waals surface area contributed by atoms with Crippen LogP contribution in [-0.4, -0.2) is 5.91 Å². The zero-order chi connectivity index (χ0) is 25.6. The number of halogens is 6. The standard InChI is InChI=1S/C26H16F6N2O/c27-25(28,29)20-12-8-17(9-13-20)22(18-10-14-21(15-11-18)26(30,31)32)5-3-7-24(35)34-23-6-2-1-4-19(23)16-33/h1-15H,(H,34,35). The molecule has 1 amide bonds. The van der Waals surface area contributed by atoms with E-state index in [-0.39, 0.29) is 5.56 Å². The van der Waals surface area contributed by atoms with Gasteiger partial charge in [-0.05, 0) is 53.1 Å². The molecule has 0 aliphatic carbocycles. The molecule has 0 unspecified atom stereocenters. The number of allylic oxidation sites excluding steroid dienone is 2. The number of hydrogen-bond acceptors (Lipinski definition) is 2. The molecule has 0 aliphatic heterocycles. The number of alkyl halides is 6. The molecule has 0 spiro atoms. The van der Waals surface area contributed by atoms with Gasteiger partial charge in [-0.1, -0.05) is 48.6 Å². The first-order chi connectivity index (χ1) is 16.5. The first-order valence-electron chi connectivity index (χ1n) is 10.0. The molecule has 0 bridgehead atoms. The molecule has 0 saturated carbocycles. The van der Waals surface area contributed by atoms with Crippen molar-refractivity contribution < 1.29 is 31.1 Å². The molecule has 9 heteroatoms. The molecule has 0 atom stereocenters. The van der Waals surface area contributed by atoms with Crippen molar-refractivity contribution in [2.45, 2.75) is 12.4 Å². The van der Waals surface area contributed by atoms with Gasteiger partial charge < -0.3 is 5.32 Å². The third kappa shape index (κ3) is 6.60. The van der Waals surface area contributed by atoms with Gasteiger partial charge in [-0.2, -0.15) is 31.6 Å². The minimum absolute atomic E-state index is 0.250. The van der Waals surface area contributed by atoms with Crippen LogP contribution in [0.4, 0.5) is 32.0 Å². The minimum Gasteiger partial charge on any atom is -0.321 e. The van der Waals surface area contributed by atoms with Crippen molar-refractivity contribution in [3.05, 3.63) is 119 Å². The summed E-state index contributed by atoms with van der Waals surface area (Å²) in [6.45, 7) is 0. The van der Waals surface area contributed by atoms with E-state index in [1.807, 2.05) is 6.07 Å². The van der Waals surface area contributed by atoms with Gasteiger partial charge in [0.1, 0.15) is 6.07 Å². The van der Waals surface area contributed by atoms with Gasteiger partial charge in [0.05, 0.1) is 22.4 Å². The maximum absolute atomic E-state index is 12.9. The summed E-state index contributed by atoms with van der Waals surface area (Å²) in [5.74, 6) is -0.580. The summed E-state index contributed by atoms with van der Waals surface area (Å²) in [4.78, 5) is 12.3. The summed E-state index contributed by atoms with van der Waals surface area (Å²) in [5.41, 5.74) is -0.304. The van der Waals surface area contributed by atoms with Crippen LogP contribution in [0.1, 0.15) is 27.8 Å². The van der Waals surface area contributed by atoms with E-state index in [0.717, 1.165) is 30.3 Å². The molecule has 3 nitrogen and oxygen atoms in total. The number of benzene rings is 3. The molecule has 0 aromatic heterocycles. The van der Waals surface area contributed by atoms with Crippen LogP contribution in [0.15, 0.2) is 91.0 Å². The van der Waals surface area contributed by atoms with Crippen LogP contribution in [0.3, 0.4) is 0 Å². The summed E-state index contributed by atoms with van der Waals surface area (Å²) < 4.78 is 77.6. The van der Waals surface area contributed by atoms with Gasteiger partial charge in [0.25, 0.3) is 0 Å². The Morgan fingerprint density at radius 1 is 0.771 bits per heavy atom. The number of carbonyl (C=O) groups excluding carboxylic acids is 1. The molecule has 3 aromatic carbocycles. The van der Waals surface area contributed by atoms with Crippen LogP contribution in [0.2, 0.25) is 0 Å². The highest BCUT2D eigenvalue weighted by Gasteiger charge is 2.31. The van der Waals surface area contributed by atoms with Gasteiger partial charge in [-0.25, -0.2) is 0 Å². The molecule has 35 heavy (non-hydrogen) atoms. The number of nitrogens with one attached hydrogen (secondary N) is 1. The van der Waals surface area contributed by atoms with Crippen LogP contribution < -0.4 is 5.32 Å². The Morgan fingerprint density at radius 3 is 1.71 bits per heavy atom. The number of anilines is 1. The Balaban J connectivity index is 1.93. The molecule has 0 radical (unpaired) electrons. The Labute approximate surface area is 196 Å². The normalized spacial score (nSPS) is 11.7. The molecule has 3 aromatic rings. The van der Waals surface area contributed by atoms with Crippen LogP contribution in [0.25, 0.3) is 5.57 Å². The van der Waals surface area contributed by atoms with Crippen molar-refractivity contribution >= 4 is 17.2 Å². The summed E-state index contributed by atoms with van der Waals surface area (Å²) in [6, 6.07) is 16.5. The van der Waals surface area contributed by atoms with Gasteiger partial charge in [-0.3, -0.25) is 4.79 Å². The number of carbonyl (C=O) groups is 1.